The highest BCUT2D eigenvalue weighted by Gasteiger charge is 2.54. The molecule has 0 aliphatic heterocycles. The van der Waals surface area contributed by atoms with Gasteiger partial charge in [0.05, 0.1) is 0 Å². The van der Waals surface area contributed by atoms with Gasteiger partial charge in [-0.2, -0.15) is 0 Å². The minimum absolute atomic E-state index is 0.0490. The average Bonchev–Trinajstić information content (AvgIpc) is 3.08. The highest BCUT2D eigenvalue weighted by Crippen LogP contribution is 2.64. The Morgan fingerprint density at radius 1 is 1.09 bits per heavy atom. The van der Waals surface area contributed by atoms with E-state index in [1.807, 2.05) is 0 Å². The summed E-state index contributed by atoms with van der Waals surface area (Å²) in [5.41, 5.74) is 5.15. The second kappa shape index (κ2) is 8.65. The summed E-state index contributed by atoms with van der Waals surface area (Å²) in [4.78, 5) is 11.5. The summed E-state index contributed by atoms with van der Waals surface area (Å²) in [6, 6.07) is 0. The van der Waals surface area contributed by atoms with E-state index < -0.39 is 0 Å². The number of rotatable bonds is 5. The number of hydrogen-bond donors (Lipinski definition) is 0. The van der Waals surface area contributed by atoms with Crippen molar-refractivity contribution in [2.24, 2.45) is 40.4 Å². The predicted molar refractivity (Wildman–Crippen MR) is 133 cm³/mol. The third-order valence-electron chi connectivity index (χ3n) is 9.76. The van der Waals surface area contributed by atoms with Crippen LogP contribution in [-0.4, -0.2) is 12.1 Å². The molecule has 2 nitrogen and oxygen atoms in total. The van der Waals surface area contributed by atoms with Crippen molar-refractivity contribution < 1.29 is 9.53 Å². The molecule has 32 heavy (non-hydrogen) atoms. The van der Waals surface area contributed by atoms with Crippen molar-refractivity contribution in [2.45, 2.75) is 93.1 Å². The van der Waals surface area contributed by atoms with Crippen molar-refractivity contribution in [3.05, 3.63) is 47.1 Å². The van der Waals surface area contributed by atoms with Crippen LogP contribution in [0.5, 0.6) is 0 Å². The molecule has 2 saturated carbocycles. The molecule has 0 aromatic rings. The third-order valence-corrected chi connectivity index (χ3v) is 9.76. The molecule has 2 fully saturated rings. The van der Waals surface area contributed by atoms with Crippen LogP contribution < -0.4 is 0 Å². The van der Waals surface area contributed by atoms with Crippen LogP contribution in [0.4, 0.5) is 0 Å². The first kappa shape index (κ1) is 23.6. The molecule has 4 aliphatic rings. The van der Waals surface area contributed by atoms with Gasteiger partial charge in [-0.25, -0.2) is 0 Å². The van der Waals surface area contributed by atoms with Crippen LogP contribution in [0.15, 0.2) is 47.1 Å². The third kappa shape index (κ3) is 3.97. The highest BCUT2D eigenvalue weighted by molar-refractivity contribution is 5.66. The number of carbonyl (C=O) groups excluding carboxylic acids is 1. The fourth-order valence-corrected chi connectivity index (χ4v) is 7.28. The molecule has 0 aromatic heterocycles. The molecule has 0 bridgehead atoms. The second-order valence-corrected chi connectivity index (χ2v) is 12.0. The maximum Gasteiger partial charge on any atom is 0.302 e. The van der Waals surface area contributed by atoms with Crippen molar-refractivity contribution in [3.63, 3.8) is 0 Å². The smallest absolute Gasteiger partial charge is 0.302 e. The Balaban J connectivity index is 1.57. The lowest BCUT2D eigenvalue weighted by molar-refractivity contribution is -0.147. The molecule has 0 saturated heterocycles. The SMILES string of the molecule is CC(=O)O[C@@H]1CC[C@]2(C)C(=CC=C3C2=CC[C@]2(C)[C@@H]3CC[C@@H]2[C@H](C)/C=C\[C@@H](C)C(C)C)C1. The molecule has 0 spiro atoms. The van der Waals surface area contributed by atoms with E-state index in [1.54, 1.807) is 11.1 Å². The van der Waals surface area contributed by atoms with Gasteiger partial charge in [0.15, 0.2) is 0 Å². The van der Waals surface area contributed by atoms with Crippen molar-refractivity contribution in [2.75, 3.05) is 0 Å². The van der Waals surface area contributed by atoms with Gasteiger partial charge in [-0.3, -0.25) is 4.79 Å². The van der Waals surface area contributed by atoms with Gasteiger partial charge >= 0.3 is 5.97 Å². The molecule has 0 radical (unpaired) electrons. The van der Waals surface area contributed by atoms with Gasteiger partial charge in [-0.1, -0.05) is 77.5 Å². The number of allylic oxidation sites excluding steroid dienone is 7. The summed E-state index contributed by atoms with van der Waals surface area (Å²) < 4.78 is 5.58. The first-order valence-corrected chi connectivity index (χ1v) is 13.0. The van der Waals surface area contributed by atoms with E-state index in [2.05, 4.69) is 71.9 Å². The average molecular weight is 437 g/mol. The maximum absolute atomic E-state index is 11.5. The zero-order chi connectivity index (χ0) is 23.3. The number of hydrogen-bond acceptors (Lipinski definition) is 2. The summed E-state index contributed by atoms with van der Waals surface area (Å²) in [6.45, 7) is 16.0. The van der Waals surface area contributed by atoms with Crippen LogP contribution in [0, 0.1) is 40.4 Å². The predicted octanol–water partition coefficient (Wildman–Crippen LogP) is 7.82. The summed E-state index contributed by atoms with van der Waals surface area (Å²) in [5.74, 6) is 3.25. The van der Waals surface area contributed by atoms with Crippen molar-refractivity contribution in [1.29, 1.82) is 0 Å². The van der Waals surface area contributed by atoms with E-state index in [0.717, 1.165) is 25.2 Å². The van der Waals surface area contributed by atoms with E-state index in [1.165, 1.54) is 31.8 Å². The second-order valence-electron chi connectivity index (χ2n) is 12.0. The number of esters is 1. The number of fused-ring (bicyclic) bond motifs is 5. The molecule has 0 N–H and O–H groups in total. The lowest BCUT2D eigenvalue weighted by Gasteiger charge is -2.50. The number of carbonyl (C=O) groups is 1. The topological polar surface area (TPSA) is 26.3 Å². The maximum atomic E-state index is 11.5. The van der Waals surface area contributed by atoms with Gasteiger partial charge in [0.1, 0.15) is 6.10 Å². The Morgan fingerprint density at radius 3 is 2.53 bits per heavy atom. The molecule has 7 atom stereocenters. The van der Waals surface area contributed by atoms with Gasteiger partial charge in [0.25, 0.3) is 0 Å². The van der Waals surface area contributed by atoms with Crippen LogP contribution in [0.2, 0.25) is 0 Å². The van der Waals surface area contributed by atoms with E-state index in [0.29, 0.717) is 29.1 Å². The molecule has 0 unspecified atom stereocenters. The quantitative estimate of drug-likeness (QED) is 0.324. The molecule has 2 heteroatoms. The first-order valence-electron chi connectivity index (χ1n) is 13.0. The molecular weight excluding hydrogens is 392 g/mol. The van der Waals surface area contributed by atoms with Gasteiger partial charge in [-0.15, -0.1) is 0 Å². The van der Waals surface area contributed by atoms with Crippen LogP contribution >= 0.6 is 0 Å². The summed E-state index contributed by atoms with van der Waals surface area (Å²) in [6.07, 6.45) is 19.2. The Morgan fingerprint density at radius 2 is 1.84 bits per heavy atom. The fraction of sp³-hybridized carbons (Fsp3) is 0.700. The van der Waals surface area contributed by atoms with Gasteiger partial charge in [-0.05, 0) is 78.3 Å². The van der Waals surface area contributed by atoms with E-state index in [-0.39, 0.29) is 17.5 Å². The normalized spacial score (nSPS) is 38.2. The zero-order valence-corrected chi connectivity index (χ0v) is 21.4. The molecule has 0 aromatic carbocycles. The Labute approximate surface area is 196 Å². The number of ether oxygens (including phenoxy) is 1. The Kier molecular flexibility index (Phi) is 6.38. The van der Waals surface area contributed by atoms with Crippen LogP contribution in [0.1, 0.15) is 87.0 Å². The monoisotopic (exact) mass is 436 g/mol. The Hall–Kier alpha value is -1.57. The van der Waals surface area contributed by atoms with E-state index in [4.69, 9.17) is 4.74 Å². The zero-order valence-electron chi connectivity index (χ0n) is 21.4. The van der Waals surface area contributed by atoms with Crippen LogP contribution in [0.3, 0.4) is 0 Å². The first-order chi connectivity index (χ1) is 15.1. The minimum Gasteiger partial charge on any atom is -0.462 e. The van der Waals surface area contributed by atoms with Gasteiger partial charge < -0.3 is 4.74 Å². The van der Waals surface area contributed by atoms with E-state index in [9.17, 15) is 4.79 Å². The lowest BCUT2D eigenvalue weighted by atomic mass is 9.54. The molecular formula is C30H44O2. The summed E-state index contributed by atoms with van der Waals surface area (Å²) in [5, 5.41) is 0. The van der Waals surface area contributed by atoms with Crippen molar-refractivity contribution in [3.8, 4) is 0 Å². The minimum atomic E-state index is -0.151. The fourth-order valence-electron chi connectivity index (χ4n) is 7.28. The van der Waals surface area contributed by atoms with Crippen LogP contribution in [-0.2, 0) is 9.53 Å². The Bertz CT molecular complexity index is 871. The molecule has 176 valence electrons. The van der Waals surface area contributed by atoms with E-state index >= 15 is 0 Å². The molecule has 0 heterocycles. The molecule has 0 amide bonds. The highest BCUT2D eigenvalue weighted by atomic mass is 16.5. The van der Waals surface area contributed by atoms with Gasteiger partial charge in [0.2, 0.25) is 0 Å². The van der Waals surface area contributed by atoms with Crippen molar-refractivity contribution >= 4 is 5.97 Å². The summed E-state index contributed by atoms with van der Waals surface area (Å²) >= 11 is 0. The summed E-state index contributed by atoms with van der Waals surface area (Å²) in [7, 11) is 0. The van der Waals surface area contributed by atoms with Crippen molar-refractivity contribution in [1.82, 2.24) is 0 Å². The largest absolute Gasteiger partial charge is 0.462 e. The van der Waals surface area contributed by atoms with Gasteiger partial charge in [0, 0.05) is 18.8 Å². The van der Waals surface area contributed by atoms with Crippen LogP contribution in [0.25, 0.3) is 0 Å². The lowest BCUT2D eigenvalue weighted by Crippen LogP contribution is -2.41. The standard InChI is InChI=1S/C30H44O2/c1-19(2)20(3)8-9-21(4)26-12-13-27-25-11-10-23-18-24(32-22(5)31)14-16-29(23,6)28(25)15-17-30(26,27)7/h8-11,15,19-21,24,26-27H,12-14,16-18H2,1-7H3/b9-8-/t20-,21-,24-,26-,27-,29-,30+/m1/s1. The molecule has 4 rings (SSSR count). The molecule has 4 aliphatic carbocycles.